The van der Waals surface area contributed by atoms with Crippen LogP contribution < -0.4 is 5.32 Å². The minimum absolute atomic E-state index is 0. The quantitative estimate of drug-likeness (QED) is 0.336. The van der Waals surface area contributed by atoms with Crippen LogP contribution in [0, 0.1) is 12.8 Å². The Labute approximate surface area is 196 Å². The summed E-state index contributed by atoms with van der Waals surface area (Å²) in [5.74, 6) is 4.64. The van der Waals surface area contributed by atoms with Gasteiger partial charge in [0.15, 0.2) is 11.8 Å². The molecule has 1 atom stereocenters. The lowest BCUT2D eigenvalue weighted by atomic mass is 10.1. The van der Waals surface area contributed by atoms with Gasteiger partial charge in [0.2, 0.25) is 0 Å². The molecule has 0 aromatic carbocycles. The fraction of sp³-hybridized carbons (Fsp3) is 0.842. The minimum atomic E-state index is 0. The van der Waals surface area contributed by atoms with E-state index < -0.39 is 0 Å². The van der Waals surface area contributed by atoms with Crippen molar-refractivity contribution in [3.63, 3.8) is 0 Å². The van der Waals surface area contributed by atoms with E-state index in [4.69, 9.17) is 9.73 Å². The number of halogens is 1. The monoisotopic (exact) mass is 537 g/mol. The number of morpholine rings is 1. The van der Waals surface area contributed by atoms with Gasteiger partial charge in [-0.1, -0.05) is 13.8 Å². The third kappa shape index (κ3) is 7.25. The molecule has 1 N–H and O–H groups in total. The van der Waals surface area contributed by atoms with Crippen molar-refractivity contribution in [2.75, 3.05) is 58.2 Å². The number of hydrogen-bond donors (Lipinski definition) is 1. The van der Waals surface area contributed by atoms with Crippen LogP contribution in [0.3, 0.4) is 0 Å². The number of thioether (sulfide) groups is 1. The third-order valence-corrected chi connectivity index (χ3v) is 7.04. The van der Waals surface area contributed by atoms with Gasteiger partial charge in [0.1, 0.15) is 12.4 Å². The van der Waals surface area contributed by atoms with Gasteiger partial charge in [-0.05, 0) is 12.8 Å². The number of rotatable bonds is 6. The maximum Gasteiger partial charge on any atom is 0.194 e. The highest BCUT2D eigenvalue weighted by molar-refractivity contribution is 14.0. The molecule has 2 saturated heterocycles. The summed E-state index contributed by atoms with van der Waals surface area (Å²) in [5.41, 5.74) is 0. The Kier molecular flexibility index (Phi) is 10.5. The van der Waals surface area contributed by atoms with Crippen LogP contribution in [-0.2, 0) is 18.3 Å². The van der Waals surface area contributed by atoms with Crippen molar-refractivity contribution in [1.82, 2.24) is 29.9 Å². The number of aliphatic imine (C=N–C) groups is 1. The van der Waals surface area contributed by atoms with Crippen LogP contribution in [0.5, 0.6) is 0 Å². The fourth-order valence-electron chi connectivity index (χ4n) is 3.42. The standard InChI is InChI=1S/C19H35N7OS.HI/c1-15(2)17-14-26(9-12-28-17)19(20-5-6-25-7-10-27-11-8-25)21-13-18-23-22-16(3)24(18)4;/h15,17H,5-14H2,1-4H3,(H,20,21);1H. The lowest BCUT2D eigenvalue weighted by molar-refractivity contribution is 0.0388. The molecule has 1 aromatic rings. The van der Waals surface area contributed by atoms with E-state index in [1.54, 1.807) is 0 Å². The summed E-state index contributed by atoms with van der Waals surface area (Å²) in [6.45, 7) is 14.8. The summed E-state index contributed by atoms with van der Waals surface area (Å²) in [7, 11) is 2.00. The smallest absolute Gasteiger partial charge is 0.194 e. The van der Waals surface area contributed by atoms with Gasteiger partial charge >= 0.3 is 0 Å². The van der Waals surface area contributed by atoms with Crippen molar-refractivity contribution in [3.8, 4) is 0 Å². The molecule has 2 fully saturated rings. The zero-order chi connectivity index (χ0) is 19.9. The molecule has 2 aliphatic heterocycles. The second kappa shape index (κ2) is 12.3. The number of aromatic nitrogens is 3. The summed E-state index contributed by atoms with van der Waals surface area (Å²) in [6.07, 6.45) is 0. The normalized spacial score (nSPS) is 21.3. The summed E-state index contributed by atoms with van der Waals surface area (Å²) < 4.78 is 7.46. The van der Waals surface area contributed by atoms with E-state index in [0.717, 1.165) is 75.8 Å². The highest BCUT2D eigenvalue weighted by Gasteiger charge is 2.25. The number of nitrogens with one attached hydrogen (secondary N) is 1. The first kappa shape index (κ1) is 24.7. The van der Waals surface area contributed by atoms with Crippen molar-refractivity contribution < 1.29 is 4.74 Å². The highest BCUT2D eigenvalue weighted by Crippen LogP contribution is 2.25. The predicted octanol–water partition coefficient (Wildman–Crippen LogP) is 1.59. The van der Waals surface area contributed by atoms with Gasteiger partial charge in [-0.25, -0.2) is 4.99 Å². The van der Waals surface area contributed by atoms with Crippen LogP contribution in [-0.4, -0.2) is 94.0 Å². The number of hydrogen-bond acceptors (Lipinski definition) is 6. The van der Waals surface area contributed by atoms with E-state index >= 15 is 0 Å². The summed E-state index contributed by atoms with van der Waals surface area (Å²) in [4.78, 5) is 9.79. The first-order valence-corrected chi connectivity index (χ1v) is 11.4. The lowest BCUT2D eigenvalue weighted by Crippen LogP contribution is -2.50. The summed E-state index contributed by atoms with van der Waals surface area (Å²) in [6, 6.07) is 0. The molecule has 10 heteroatoms. The zero-order valence-electron chi connectivity index (χ0n) is 18.1. The van der Waals surface area contributed by atoms with Gasteiger partial charge in [-0.3, -0.25) is 4.90 Å². The highest BCUT2D eigenvalue weighted by atomic mass is 127. The van der Waals surface area contributed by atoms with E-state index in [1.807, 2.05) is 18.5 Å². The molecular weight excluding hydrogens is 501 g/mol. The molecular formula is C19H36IN7OS. The Morgan fingerprint density at radius 1 is 1.28 bits per heavy atom. The second-order valence-corrected chi connectivity index (χ2v) is 9.19. The Hall–Kier alpha value is -0.590. The van der Waals surface area contributed by atoms with E-state index in [1.165, 1.54) is 0 Å². The van der Waals surface area contributed by atoms with Crippen LogP contribution in [0.2, 0.25) is 0 Å². The van der Waals surface area contributed by atoms with Crippen LogP contribution in [0.25, 0.3) is 0 Å². The average molecular weight is 538 g/mol. The number of ether oxygens (including phenoxy) is 1. The molecule has 3 heterocycles. The van der Waals surface area contributed by atoms with E-state index in [2.05, 4.69) is 50.9 Å². The predicted molar refractivity (Wildman–Crippen MR) is 130 cm³/mol. The number of guanidine groups is 1. The molecule has 0 radical (unpaired) electrons. The molecule has 0 aliphatic carbocycles. The first-order chi connectivity index (χ1) is 13.5. The van der Waals surface area contributed by atoms with Crippen molar-refractivity contribution in [3.05, 3.63) is 11.6 Å². The zero-order valence-corrected chi connectivity index (χ0v) is 21.3. The maximum atomic E-state index is 5.45. The van der Waals surface area contributed by atoms with E-state index in [0.29, 0.717) is 17.7 Å². The average Bonchev–Trinajstić information content (AvgIpc) is 3.03. The van der Waals surface area contributed by atoms with E-state index in [-0.39, 0.29) is 24.0 Å². The summed E-state index contributed by atoms with van der Waals surface area (Å²) in [5, 5.41) is 12.7. The van der Waals surface area contributed by atoms with Gasteiger partial charge in [0.05, 0.1) is 13.2 Å². The van der Waals surface area contributed by atoms with Crippen LogP contribution in [0.15, 0.2) is 4.99 Å². The Morgan fingerprint density at radius 2 is 2.03 bits per heavy atom. The van der Waals surface area contributed by atoms with Crippen molar-refractivity contribution in [1.29, 1.82) is 0 Å². The Balaban J connectivity index is 0.00000300. The molecule has 0 amide bonds. The number of nitrogens with zero attached hydrogens (tertiary/aromatic N) is 6. The molecule has 0 spiro atoms. The second-order valence-electron chi connectivity index (χ2n) is 7.84. The minimum Gasteiger partial charge on any atom is -0.379 e. The molecule has 29 heavy (non-hydrogen) atoms. The largest absolute Gasteiger partial charge is 0.379 e. The Morgan fingerprint density at radius 3 is 2.69 bits per heavy atom. The van der Waals surface area contributed by atoms with Crippen molar-refractivity contribution >= 4 is 41.7 Å². The van der Waals surface area contributed by atoms with Crippen molar-refractivity contribution in [2.45, 2.75) is 32.6 Å². The molecule has 1 unspecified atom stereocenters. The Bertz CT molecular complexity index is 649. The van der Waals surface area contributed by atoms with Gasteiger partial charge in [0.25, 0.3) is 0 Å². The maximum absolute atomic E-state index is 5.45. The third-order valence-electron chi connectivity index (χ3n) is 5.50. The topological polar surface area (TPSA) is 70.8 Å². The van der Waals surface area contributed by atoms with Gasteiger partial charge in [0, 0.05) is 57.3 Å². The fourth-order valence-corrected chi connectivity index (χ4v) is 4.72. The molecule has 0 saturated carbocycles. The SMILES string of the molecule is Cc1nnc(CN=C(NCCN2CCOCC2)N2CCSC(C(C)C)C2)n1C.I. The van der Waals surface area contributed by atoms with Gasteiger partial charge in [-0.15, -0.1) is 34.2 Å². The molecule has 166 valence electrons. The van der Waals surface area contributed by atoms with Crippen molar-refractivity contribution in [2.24, 2.45) is 18.0 Å². The van der Waals surface area contributed by atoms with Crippen LogP contribution >= 0.6 is 35.7 Å². The summed E-state index contributed by atoms with van der Waals surface area (Å²) >= 11 is 2.09. The van der Waals surface area contributed by atoms with E-state index in [9.17, 15) is 0 Å². The van der Waals surface area contributed by atoms with Crippen LogP contribution in [0.1, 0.15) is 25.5 Å². The van der Waals surface area contributed by atoms with Gasteiger partial charge in [-0.2, -0.15) is 11.8 Å². The molecule has 3 rings (SSSR count). The van der Waals surface area contributed by atoms with Gasteiger partial charge < -0.3 is 19.5 Å². The lowest BCUT2D eigenvalue weighted by Gasteiger charge is -2.36. The molecule has 1 aromatic heterocycles. The molecule has 8 nitrogen and oxygen atoms in total. The first-order valence-electron chi connectivity index (χ1n) is 10.3. The van der Waals surface area contributed by atoms with Crippen LogP contribution in [0.4, 0.5) is 0 Å². The molecule has 0 bridgehead atoms. The molecule has 2 aliphatic rings. The number of aryl methyl sites for hydroxylation is 1.